The Hall–Kier alpha value is -4.14. The van der Waals surface area contributed by atoms with Gasteiger partial charge in [-0.3, -0.25) is 9.79 Å². The third-order valence-corrected chi connectivity index (χ3v) is 7.61. The first-order valence-electron chi connectivity index (χ1n) is 13.7. The van der Waals surface area contributed by atoms with Gasteiger partial charge in [-0.1, -0.05) is 49.4 Å². The van der Waals surface area contributed by atoms with Crippen molar-refractivity contribution in [2.45, 2.75) is 56.9 Å². The molecule has 0 saturated heterocycles. The molecule has 8 nitrogen and oxygen atoms in total. The van der Waals surface area contributed by atoms with Gasteiger partial charge in [0.15, 0.2) is 11.5 Å². The first-order valence-corrected chi connectivity index (χ1v) is 13.7. The molecule has 1 aliphatic heterocycles. The predicted molar refractivity (Wildman–Crippen MR) is 158 cm³/mol. The van der Waals surface area contributed by atoms with Gasteiger partial charge in [0, 0.05) is 31.2 Å². The summed E-state index contributed by atoms with van der Waals surface area (Å²) in [6.45, 7) is 2.03. The number of ether oxygens (including phenoxy) is 2. The summed E-state index contributed by atoms with van der Waals surface area (Å²) in [5.41, 5.74) is 1.58. The van der Waals surface area contributed by atoms with Gasteiger partial charge in [0.05, 0.1) is 38.4 Å². The average Bonchev–Trinajstić information content (AvgIpc) is 3.44. The lowest BCUT2D eigenvalue weighted by molar-refractivity contribution is -0.120. The van der Waals surface area contributed by atoms with Gasteiger partial charge >= 0.3 is 0 Å². The summed E-state index contributed by atoms with van der Waals surface area (Å²) in [7, 11) is 3.15. The van der Waals surface area contributed by atoms with Gasteiger partial charge in [-0.05, 0) is 59.0 Å². The molecule has 41 heavy (non-hydrogen) atoms. The van der Waals surface area contributed by atoms with Gasteiger partial charge in [0.25, 0.3) is 0 Å². The molecular formula is C33H38N2O6. The molecule has 4 N–H and O–H groups in total. The van der Waals surface area contributed by atoms with Crippen molar-refractivity contribution in [2.24, 2.45) is 4.99 Å². The molecule has 2 atom stereocenters. The maximum Gasteiger partial charge on any atom is 0.224 e. The highest BCUT2D eigenvalue weighted by molar-refractivity contribution is 5.78. The van der Waals surface area contributed by atoms with Gasteiger partial charge < -0.3 is 30.1 Å². The van der Waals surface area contributed by atoms with E-state index in [2.05, 4.69) is 10.3 Å². The summed E-state index contributed by atoms with van der Waals surface area (Å²) >= 11 is 0. The molecule has 1 amide bonds. The number of aliphatic imine (C=N–C) groups is 1. The van der Waals surface area contributed by atoms with E-state index in [0.29, 0.717) is 42.0 Å². The zero-order chi connectivity index (χ0) is 29.5. The third kappa shape index (κ3) is 7.14. The Bertz CT molecular complexity index is 1420. The lowest BCUT2D eigenvalue weighted by atomic mass is 9.75. The van der Waals surface area contributed by atoms with Crippen LogP contribution in [0.25, 0.3) is 0 Å². The van der Waals surface area contributed by atoms with Crippen LogP contribution in [0, 0.1) is 0 Å². The van der Waals surface area contributed by atoms with E-state index in [1.807, 2.05) is 55.5 Å². The van der Waals surface area contributed by atoms with Crippen LogP contribution in [0.3, 0.4) is 0 Å². The van der Waals surface area contributed by atoms with Crippen LogP contribution in [0.5, 0.6) is 17.2 Å². The van der Waals surface area contributed by atoms with Gasteiger partial charge in [-0.15, -0.1) is 0 Å². The summed E-state index contributed by atoms with van der Waals surface area (Å²) < 4.78 is 10.6. The van der Waals surface area contributed by atoms with E-state index in [9.17, 15) is 20.1 Å². The fraction of sp³-hybridized carbons (Fsp3) is 0.333. The molecule has 0 spiro atoms. The molecular weight excluding hydrogens is 520 g/mol. The molecule has 0 fully saturated rings. The van der Waals surface area contributed by atoms with Crippen molar-refractivity contribution in [1.29, 1.82) is 0 Å². The van der Waals surface area contributed by atoms with Gasteiger partial charge in [0.2, 0.25) is 5.91 Å². The quantitative estimate of drug-likeness (QED) is 0.247. The van der Waals surface area contributed by atoms with E-state index in [1.54, 1.807) is 38.6 Å². The number of aromatic hydroxyl groups is 1. The molecule has 8 heteroatoms. The maximum absolute atomic E-state index is 12.8. The molecule has 2 unspecified atom stereocenters. The number of rotatable bonds is 13. The fourth-order valence-electron chi connectivity index (χ4n) is 5.30. The molecule has 3 aromatic rings. The second kappa shape index (κ2) is 13.0. The third-order valence-electron chi connectivity index (χ3n) is 7.61. The average molecular weight is 559 g/mol. The van der Waals surface area contributed by atoms with Crippen LogP contribution in [-0.4, -0.2) is 47.2 Å². The lowest BCUT2D eigenvalue weighted by Gasteiger charge is -2.36. The second-order valence-electron chi connectivity index (χ2n) is 10.4. The van der Waals surface area contributed by atoms with Crippen LogP contribution >= 0.6 is 0 Å². The van der Waals surface area contributed by atoms with Crippen molar-refractivity contribution in [2.75, 3.05) is 14.2 Å². The number of allylic oxidation sites excluding steroid dienone is 1. The number of hydrogen-bond donors (Lipinski definition) is 4. The minimum atomic E-state index is -1.35. The van der Waals surface area contributed by atoms with E-state index in [-0.39, 0.29) is 31.1 Å². The van der Waals surface area contributed by atoms with Crippen molar-refractivity contribution in [3.05, 3.63) is 101 Å². The summed E-state index contributed by atoms with van der Waals surface area (Å²) in [6, 6.07) is 18.0. The van der Waals surface area contributed by atoms with E-state index in [1.165, 1.54) is 6.07 Å². The highest BCUT2D eigenvalue weighted by Crippen LogP contribution is 2.40. The van der Waals surface area contributed by atoms with Crippen molar-refractivity contribution in [3.8, 4) is 17.2 Å². The zero-order valence-corrected chi connectivity index (χ0v) is 23.8. The molecule has 0 saturated carbocycles. The van der Waals surface area contributed by atoms with Crippen LogP contribution in [-0.2, 0) is 36.4 Å². The van der Waals surface area contributed by atoms with Crippen molar-refractivity contribution < 1.29 is 29.6 Å². The molecule has 1 heterocycles. The number of aliphatic hydroxyl groups is 2. The normalized spacial score (nSPS) is 17.3. The lowest BCUT2D eigenvalue weighted by Crippen LogP contribution is -2.38. The van der Waals surface area contributed by atoms with Crippen molar-refractivity contribution >= 4 is 12.1 Å². The van der Waals surface area contributed by atoms with E-state index >= 15 is 0 Å². The number of benzene rings is 3. The second-order valence-corrected chi connectivity index (χ2v) is 10.4. The minimum absolute atomic E-state index is 0.0244. The summed E-state index contributed by atoms with van der Waals surface area (Å²) in [6.07, 6.45) is 7.10. The zero-order valence-electron chi connectivity index (χ0n) is 23.8. The van der Waals surface area contributed by atoms with E-state index in [4.69, 9.17) is 9.47 Å². The molecule has 3 aromatic carbocycles. The first-order chi connectivity index (χ1) is 19.7. The number of methoxy groups -OCH3 is 2. The molecule has 1 aliphatic rings. The van der Waals surface area contributed by atoms with Crippen LogP contribution < -0.4 is 14.8 Å². The van der Waals surface area contributed by atoms with Crippen molar-refractivity contribution in [1.82, 2.24) is 5.32 Å². The summed E-state index contributed by atoms with van der Waals surface area (Å²) in [5, 5.41) is 35.0. The number of carbonyl (C=O) groups is 1. The van der Waals surface area contributed by atoms with Crippen LogP contribution in [0.4, 0.5) is 0 Å². The monoisotopic (exact) mass is 558 g/mol. The first kappa shape index (κ1) is 29.8. The number of nitrogens with one attached hydrogen (secondary N) is 1. The largest absolute Gasteiger partial charge is 0.508 e. The Balaban J connectivity index is 1.52. The molecule has 0 radical (unpaired) electrons. The van der Waals surface area contributed by atoms with Gasteiger partial charge in [-0.25, -0.2) is 0 Å². The van der Waals surface area contributed by atoms with Crippen molar-refractivity contribution in [3.63, 3.8) is 0 Å². The Kier molecular flexibility index (Phi) is 9.47. The number of nitrogens with zero attached hydrogens (tertiary/aromatic N) is 1. The molecule has 4 rings (SSSR count). The van der Waals surface area contributed by atoms with Crippen LogP contribution in [0.2, 0.25) is 0 Å². The van der Waals surface area contributed by atoms with Gasteiger partial charge in [0.1, 0.15) is 5.75 Å². The van der Waals surface area contributed by atoms with E-state index in [0.717, 1.165) is 16.7 Å². The standard InChI is InChI=1S/C33H38N2O6/c1-4-32(13-6-14-35-32)22-33(39,27-10-11-28(37)26(18-27)21-36)19-24-8-5-7-23(15-24)17-31(38)34-20-25-9-12-29(40-2)30(16-25)41-3/h5-16,18,36-37,39H,4,17,19-22H2,1-3H3,(H,34,38). The fourth-order valence-corrected chi connectivity index (χ4v) is 5.30. The Labute approximate surface area is 241 Å². The SMILES string of the molecule is CCC1(CC(O)(Cc2cccc(CC(=O)NCc3ccc(OC)c(OC)c3)c2)c2ccc(O)c(CO)c2)C=CC=N1. The summed E-state index contributed by atoms with van der Waals surface area (Å²) in [5.74, 6) is 1.07. The molecule has 216 valence electrons. The number of hydrogen-bond acceptors (Lipinski definition) is 7. The highest BCUT2D eigenvalue weighted by Gasteiger charge is 2.40. The minimum Gasteiger partial charge on any atom is -0.508 e. The number of carbonyl (C=O) groups excluding carboxylic acids is 1. The molecule has 0 aliphatic carbocycles. The smallest absolute Gasteiger partial charge is 0.224 e. The highest BCUT2D eigenvalue weighted by atomic mass is 16.5. The Morgan fingerprint density at radius 3 is 2.46 bits per heavy atom. The van der Waals surface area contributed by atoms with E-state index < -0.39 is 11.1 Å². The topological polar surface area (TPSA) is 121 Å². The number of phenols is 1. The number of amides is 1. The predicted octanol–water partition coefficient (Wildman–Crippen LogP) is 4.37. The molecule has 0 aromatic heterocycles. The maximum atomic E-state index is 12.8. The van der Waals surface area contributed by atoms with Gasteiger partial charge in [-0.2, -0.15) is 0 Å². The number of aliphatic hydroxyl groups excluding tert-OH is 1. The van der Waals surface area contributed by atoms with Crippen LogP contribution in [0.1, 0.15) is 47.6 Å². The molecule has 0 bridgehead atoms. The Morgan fingerprint density at radius 1 is 1.00 bits per heavy atom. The summed E-state index contributed by atoms with van der Waals surface area (Å²) in [4.78, 5) is 17.5. The Morgan fingerprint density at radius 2 is 1.78 bits per heavy atom. The van der Waals surface area contributed by atoms with Crippen LogP contribution in [0.15, 0.2) is 77.8 Å².